The van der Waals surface area contributed by atoms with Crippen LogP contribution in [0.15, 0.2) is 12.1 Å². The molecule has 0 spiro atoms. The summed E-state index contributed by atoms with van der Waals surface area (Å²) < 4.78 is 4.40. The summed E-state index contributed by atoms with van der Waals surface area (Å²) in [6, 6.07) is 0.665. The number of esters is 1. The van der Waals surface area contributed by atoms with Crippen molar-refractivity contribution in [2.24, 2.45) is 0 Å². The van der Waals surface area contributed by atoms with Crippen LogP contribution in [-0.4, -0.2) is 40.2 Å². The molecule has 0 aliphatic rings. The van der Waals surface area contributed by atoms with E-state index in [1.54, 1.807) is 0 Å². The smallest absolute Gasteiger partial charge is 0.328 e. The van der Waals surface area contributed by atoms with Crippen LogP contribution in [0.3, 0.4) is 0 Å². The van der Waals surface area contributed by atoms with Crippen LogP contribution in [0.25, 0.3) is 0 Å². The Labute approximate surface area is 112 Å². The summed E-state index contributed by atoms with van der Waals surface area (Å²) in [4.78, 5) is 32.6. The number of amides is 1. The molecule has 108 valence electrons. The van der Waals surface area contributed by atoms with Crippen molar-refractivity contribution in [2.75, 3.05) is 7.11 Å². The molecule has 0 radical (unpaired) electrons. The molecule has 0 saturated heterocycles. The summed E-state index contributed by atoms with van der Waals surface area (Å²) in [7, 11) is 1.14. The highest BCUT2D eigenvalue weighted by Crippen LogP contribution is 2.35. The number of phenolic OH excluding ortho intramolecular Hbond substituents is 2. The largest absolute Gasteiger partial charge is 0.504 e. The minimum atomic E-state index is -0.970. The van der Waals surface area contributed by atoms with E-state index in [1.165, 1.54) is 6.92 Å². The first-order chi connectivity index (χ1) is 9.27. The van der Waals surface area contributed by atoms with Gasteiger partial charge in [-0.05, 0) is 13.0 Å². The number of aromatic hydroxyl groups is 2. The van der Waals surface area contributed by atoms with Crippen LogP contribution in [0, 0.1) is 10.1 Å². The van der Waals surface area contributed by atoms with Crippen molar-refractivity contribution in [1.82, 2.24) is 5.32 Å². The van der Waals surface area contributed by atoms with Crippen LogP contribution >= 0.6 is 0 Å². The fourth-order valence-corrected chi connectivity index (χ4v) is 1.39. The zero-order valence-corrected chi connectivity index (χ0v) is 10.6. The summed E-state index contributed by atoms with van der Waals surface area (Å²) in [5.74, 6) is -3.28. The average Bonchev–Trinajstić information content (AvgIpc) is 2.39. The van der Waals surface area contributed by atoms with Crippen LogP contribution in [0.5, 0.6) is 11.5 Å². The SMILES string of the molecule is COC(=O)[C@H](C)NC(=O)c1cc(O)c(O)c([N+](=O)[O-])c1. The van der Waals surface area contributed by atoms with Crippen molar-refractivity contribution in [3.8, 4) is 11.5 Å². The maximum atomic E-state index is 11.8. The quantitative estimate of drug-likeness (QED) is 0.312. The second-order valence-electron chi connectivity index (χ2n) is 3.84. The number of rotatable bonds is 4. The molecule has 0 fully saturated rings. The van der Waals surface area contributed by atoms with Gasteiger partial charge >= 0.3 is 11.7 Å². The molecule has 3 N–H and O–H groups in total. The predicted octanol–water partition coefficient (Wildman–Crippen LogP) is 0.297. The molecule has 9 nitrogen and oxygen atoms in total. The van der Waals surface area contributed by atoms with Gasteiger partial charge in [0.1, 0.15) is 6.04 Å². The van der Waals surface area contributed by atoms with E-state index in [1.807, 2.05) is 0 Å². The first-order valence-electron chi connectivity index (χ1n) is 5.37. The fourth-order valence-electron chi connectivity index (χ4n) is 1.39. The van der Waals surface area contributed by atoms with Gasteiger partial charge in [0.05, 0.1) is 17.6 Å². The number of carbonyl (C=O) groups excluding carboxylic acids is 2. The number of methoxy groups -OCH3 is 1. The molecule has 0 aliphatic carbocycles. The van der Waals surface area contributed by atoms with Crippen molar-refractivity contribution < 1.29 is 29.5 Å². The molecule has 0 saturated carbocycles. The van der Waals surface area contributed by atoms with Gasteiger partial charge in [0.25, 0.3) is 5.91 Å². The number of nitro benzene ring substituents is 1. The molecule has 20 heavy (non-hydrogen) atoms. The van der Waals surface area contributed by atoms with Gasteiger partial charge in [-0.1, -0.05) is 0 Å². The van der Waals surface area contributed by atoms with E-state index in [-0.39, 0.29) is 5.56 Å². The van der Waals surface area contributed by atoms with Gasteiger partial charge in [-0.2, -0.15) is 0 Å². The first kappa shape index (κ1) is 15.2. The van der Waals surface area contributed by atoms with Crippen molar-refractivity contribution in [1.29, 1.82) is 0 Å². The third kappa shape index (κ3) is 3.13. The number of hydrogen-bond donors (Lipinski definition) is 3. The predicted molar refractivity (Wildman–Crippen MR) is 65.4 cm³/mol. The molecular weight excluding hydrogens is 272 g/mol. The molecule has 1 amide bonds. The molecule has 9 heteroatoms. The number of benzene rings is 1. The Balaban J connectivity index is 3.05. The van der Waals surface area contributed by atoms with Crippen molar-refractivity contribution in [3.05, 3.63) is 27.8 Å². The van der Waals surface area contributed by atoms with E-state index in [9.17, 15) is 29.9 Å². The highest BCUT2D eigenvalue weighted by Gasteiger charge is 2.23. The number of nitrogens with one attached hydrogen (secondary N) is 1. The second-order valence-corrected chi connectivity index (χ2v) is 3.84. The van der Waals surface area contributed by atoms with Crippen LogP contribution in [0.1, 0.15) is 17.3 Å². The highest BCUT2D eigenvalue weighted by atomic mass is 16.6. The van der Waals surface area contributed by atoms with Crippen molar-refractivity contribution in [3.63, 3.8) is 0 Å². The van der Waals surface area contributed by atoms with E-state index < -0.39 is 40.0 Å². The lowest BCUT2D eigenvalue weighted by atomic mass is 10.1. The summed E-state index contributed by atoms with van der Waals surface area (Å²) in [6.07, 6.45) is 0. The second kappa shape index (κ2) is 5.87. The van der Waals surface area contributed by atoms with E-state index >= 15 is 0 Å². The van der Waals surface area contributed by atoms with Gasteiger partial charge in [-0.3, -0.25) is 14.9 Å². The third-order valence-corrected chi connectivity index (χ3v) is 2.43. The molecule has 0 aromatic heterocycles. The van der Waals surface area contributed by atoms with Gasteiger partial charge in [0, 0.05) is 6.07 Å². The molecular formula is C11H12N2O7. The number of hydrogen-bond acceptors (Lipinski definition) is 7. The van der Waals surface area contributed by atoms with Gasteiger partial charge in [-0.25, -0.2) is 4.79 Å². The molecule has 1 aromatic rings. The van der Waals surface area contributed by atoms with Gasteiger partial charge in [-0.15, -0.1) is 0 Å². The number of phenols is 2. The number of ether oxygens (including phenoxy) is 1. The fraction of sp³-hybridized carbons (Fsp3) is 0.273. The monoisotopic (exact) mass is 284 g/mol. The average molecular weight is 284 g/mol. The Morgan fingerprint density at radius 1 is 1.40 bits per heavy atom. The normalized spacial score (nSPS) is 11.5. The number of carbonyl (C=O) groups is 2. The summed E-state index contributed by atoms with van der Waals surface area (Å²) in [5, 5.41) is 31.5. The summed E-state index contributed by atoms with van der Waals surface area (Å²) in [6.45, 7) is 1.36. The molecule has 0 bridgehead atoms. The van der Waals surface area contributed by atoms with Crippen LogP contribution < -0.4 is 5.32 Å². The topological polar surface area (TPSA) is 139 Å². The minimum absolute atomic E-state index is 0.275. The van der Waals surface area contributed by atoms with Crippen LogP contribution in [0.4, 0.5) is 5.69 Å². The lowest BCUT2D eigenvalue weighted by Gasteiger charge is -2.11. The van der Waals surface area contributed by atoms with Gasteiger partial charge in [0.15, 0.2) is 5.75 Å². The summed E-state index contributed by atoms with van der Waals surface area (Å²) >= 11 is 0. The molecule has 0 unspecified atom stereocenters. The third-order valence-electron chi connectivity index (χ3n) is 2.43. The highest BCUT2D eigenvalue weighted by molar-refractivity contribution is 5.98. The minimum Gasteiger partial charge on any atom is -0.504 e. The van der Waals surface area contributed by atoms with E-state index in [2.05, 4.69) is 10.1 Å². The maximum absolute atomic E-state index is 11.8. The zero-order valence-electron chi connectivity index (χ0n) is 10.6. The van der Waals surface area contributed by atoms with Crippen LogP contribution in [0.2, 0.25) is 0 Å². The number of nitro groups is 1. The zero-order chi connectivity index (χ0) is 15.4. The molecule has 1 atom stereocenters. The Hall–Kier alpha value is -2.84. The van der Waals surface area contributed by atoms with Crippen molar-refractivity contribution in [2.45, 2.75) is 13.0 Å². The molecule has 0 aliphatic heterocycles. The Kier molecular flexibility index (Phi) is 4.46. The lowest BCUT2D eigenvalue weighted by molar-refractivity contribution is -0.386. The Morgan fingerprint density at radius 3 is 2.50 bits per heavy atom. The lowest BCUT2D eigenvalue weighted by Crippen LogP contribution is -2.39. The van der Waals surface area contributed by atoms with Crippen molar-refractivity contribution >= 4 is 17.6 Å². The van der Waals surface area contributed by atoms with E-state index in [4.69, 9.17) is 0 Å². The molecule has 0 heterocycles. The Morgan fingerprint density at radius 2 is 2.00 bits per heavy atom. The maximum Gasteiger partial charge on any atom is 0.328 e. The van der Waals surface area contributed by atoms with E-state index in [0.29, 0.717) is 0 Å². The Bertz CT molecular complexity index is 570. The molecule has 1 rings (SSSR count). The van der Waals surface area contributed by atoms with Gasteiger partial charge < -0.3 is 20.3 Å². The van der Waals surface area contributed by atoms with E-state index in [0.717, 1.165) is 19.2 Å². The standard InChI is InChI=1S/C11H12N2O7/c1-5(11(17)20-2)12-10(16)6-3-7(13(18)19)9(15)8(14)4-6/h3-5,14-15H,1-2H3,(H,12,16)/t5-/m0/s1. The summed E-state index contributed by atoms with van der Waals surface area (Å²) in [5.41, 5.74) is -1.09. The molecule has 1 aromatic carbocycles. The first-order valence-corrected chi connectivity index (χ1v) is 5.37. The van der Waals surface area contributed by atoms with Gasteiger partial charge in [0.2, 0.25) is 5.75 Å². The van der Waals surface area contributed by atoms with Crippen LogP contribution in [-0.2, 0) is 9.53 Å². The number of nitrogens with zero attached hydrogens (tertiary/aromatic N) is 1.